The highest BCUT2D eigenvalue weighted by Gasteiger charge is 2.07. The first-order chi connectivity index (χ1) is 8.03. The van der Waals surface area contributed by atoms with E-state index in [0.717, 1.165) is 5.69 Å². The summed E-state index contributed by atoms with van der Waals surface area (Å²) in [6.07, 6.45) is 1.82. The third-order valence-corrected chi connectivity index (χ3v) is 3.46. The van der Waals surface area contributed by atoms with Gasteiger partial charge in [-0.2, -0.15) is 0 Å². The van der Waals surface area contributed by atoms with E-state index in [4.69, 9.17) is 5.11 Å². The molecule has 0 bridgehead atoms. The molecular formula is C12H19NO3S. The molecule has 0 unspecified atom stereocenters. The van der Waals surface area contributed by atoms with E-state index in [-0.39, 0.29) is 12.4 Å². The molecule has 1 rings (SSSR count). The summed E-state index contributed by atoms with van der Waals surface area (Å²) in [6, 6.07) is 9.69. The van der Waals surface area contributed by atoms with Gasteiger partial charge < -0.3 is 10.0 Å². The van der Waals surface area contributed by atoms with Gasteiger partial charge in [0.15, 0.2) is 0 Å². The van der Waals surface area contributed by atoms with Crippen LogP contribution < -0.4 is 4.90 Å². The van der Waals surface area contributed by atoms with Crippen LogP contribution in [0.1, 0.15) is 6.42 Å². The number of nitrogens with zero attached hydrogens (tertiary/aromatic N) is 1. The summed E-state index contributed by atoms with van der Waals surface area (Å²) < 4.78 is 22.1. The molecule has 0 fully saturated rings. The van der Waals surface area contributed by atoms with Crippen LogP contribution in [-0.2, 0) is 9.84 Å². The number of benzene rings is 1. The molecule has 0 aromatic heterocycles. The monoisotopic (exact) mass is 257 g/mol. The molecule has 0 aliphatic rings. The Balaban J connectivity index is 2.56. The molecule has 0 heterocycles. The molecule has 0 spiro atoms. The van der Waals surface area contributed by atoms with Gasteiger partial charge in [0, 0.05) is 25.0 Å². The molecule has 0 saturated heterocycles. The number of rotatable bonds is 7. The summed E-state index contributed by atoms with van der Waals surface area (Å²) in [4.78, 5) is 1.99. The van der Waals surface area contributed by atoms with Crippen molar-refractivity contribution in [3.8, 4) is 0 Å². The number of sulfone groups is 1. The molecule has 96 valence electrons. The Morgan fingerprint density at radius 1 is 1.18 bits per heavy atom. The quantitative estimate of drug-likeness (QED) is 0.789. The lowest BCUT2D eigenvalue weighted by atomic mass is 10.2. The van der Waals surface area contributed by atoms with Gasteiger partial charge in [0.2, 0.25) is 0 Å². The van der Waals surface area contributed by atoms with Gasteiger partial charge in [0.1, 0.15) is 9.84 Å². The lowest BCUT2D eigenvalue weighted by Crippen LogP contribution is -2.28. The normalized spacial score (nSPS) is 11.4. The molecule has 0 saturated carbocycles. The van der Waals surface area contributed by atoms with E-state index >= 15 is 0 Å². The summed E-state index contributed by atoms with van der Waals surface area (Å²) in [5.41, 5.74) is 1.01. The zero-order valence-corrected chi connectivity index (χ0v) is 10.9. The molecule has 5 heteroatoms. The minimum absolute atomic E-state index is 0.0633. The Bertz CT molecular complexity index is 417. The fraction of sp³-hybridized carbons (Fsp3) is 0.500. The average Bonchev–Trinajstić information content (AvgIpc) is 2.27. The molecule has 1 N–H and O–H groups in total. The molecular weight excluding hydrogens is 238 g/mol. The van der Waals surface area contributed by atoms with Crippen LogP contribution in [0.4, 0.5) is 5.69 Å². The lowest BCUT2D eigenvalue weighted by Gasteiger charge is -2.23. The third-order valence-electron chi connectivity index (χ3n) is 2.43. The summed E-state index contributed by atoms with van der Waals surface area (Å²) >= 11 is 0. The first-order valence-corrected chi connectivity index (χ1v) is 7.67. The van der Waals surface area contributed by atoms with Crippen LogP contribution in [0.15, 0.2) is 30.3 Å². The summed E-state index contributed by atoms with van der Waals surface area (Å²) in [6.45, 7) is 1.22. The molecule has 17 heavy (non-hydrogen) atoms. The van der Waals surface area contributed by atoms with Crippen LogP contribution in [-0.4, -0.2) is 45.2 Å². The highest BCUT2D eigenvalue weighted by molar-refractivity contribution is 7.90. The summed E-state index contributed by atoms with van der Waals surface area (Å²) in [5.74, 6) is 0.182. The number of anilines is 1. The van der Waals surface area contributed by atoms with Gasteiger partial charge in [-0.1, -0.05) is 18.2 Å². The SMILES string of the molecule is CS(=O)(=O)CCCN(CCO)c1ccccc1. The van der Waals surface area contributed by atoms with Crippen molar-refractivity contribution in [2.75, 3.05) is 36.6 Å². The number of hydrogen-bond donors (Lipinski definition) is 1. The minimum atomic E-state index is -2.91. The van der Waals surface area contributed by atoms with Crippen molar-refractivity contribution < 1.29 is 13.5 Å². The maximum absolute atomic E-state index is 11.0. The van der Waals surface area contributed by atoms with Crippen molar-refractivity contribution in [3.05, 3.63) is 30.3 Å². The van der Waals surface area contributed by atoms with Crippen LogP contribution in [0, 0.1) is 0 Å². The van der Waals surface area contributed by atoms with Crippen molar-refractivity contribution in [3.63, 3.8) is 0 Å². The van der Waals surface area contributed by atoms with Crippen molar-refractivity contribution >= 4 is 15.5 Å². The highest BCUT2D eigenvalue weighted by Crippen LogP contribution is 2.13. The first kappa shape index (κ1) is 14.0. The fourth-order valence-corrected chi connectivity index (χ4v) is 2.30. The van der Waals surface area contributed by atoms with E-state index in [0.29, 0.717) is 19.5 Å². The Morgan fingerprint density at radius 3 is 2.35 bits per heavy atom. The van der Waals surface area contributed by atoms with Crippen LogP contribution in [0.2, 0.25) is 0 Å². The minimum Gasteiger partial charge on any atom is -0.395 e. The van der Waals surface area contributed by atoms with E-state index in [1.165, 1.54) is 6.26 Å². The maximum atomic E-state index is 11.0. The van der Waals surface area contributed by atoms with E-state index in [2.05, 4.69) is 0 Å². The maximum Gasteiger partial charge on any atom is 0.147 e. The molecule has 0 amide bonds. The van der Waals surface area contributed by atoms with E-state index in [9.17, 15) is 8.42 Å². The third kappa shape index (κ3) is 5.70. The van der Waals surface area contributed by atoms with E-state index < -0.39 is 9.84 Å². The Hall–Kier alpha value is -1.07. The van der Waals surface area contributed by atoms with E-state index in [1.807, 2.05) is 35.2 Å². The van der Waals surface area contributed by atoms with Crippen LogP contribution in [0.25, 0.3) is 0 Å². The summed E-state index contributed by atoms with van der Waals surface area (Å²) in [7, 11) is -2.91. The Kier molecular flexibility index (Phi) is 5.44. The number of aliphatic hydroxyl groups excluding tert-OH is 1. The second-order valence-electron chi connectivity index (χ2n) is 4.03. The molecule has 1 aromatic rings. The standard InChI is InChI=1S/C12H19NO3S/c1-17(15,16)11-5-8-13(9-10-14)12-6-3-2-4-7-12/h2-4,6-7,14H,5,8-11H2,1H3. The zero-order valence-electron chi connectivity index (χ0n) is 10.0. The highest BCUT2D eigenvalue weighted by atomic mass is 32.2. The molecule has 0 aliphatic heterocycles. The van der Waals surface area contributed by atoms with E-state index in [1.54, 1.807) is 0 Å². The van der Waals surface area contributed by atoms with Crippen molar-refractivity contribution in [2.24, 2.45) is 0 Å². The van der Waals surface area contributed by atoms with Crippen molar-refractivity contribution in [1.82, 2.24) is 0 Å². The second kappa shape index (κ2) is 6.61. The van der Waals surface area contributed by atoms with Gasteiger partial charge in [-0.05, 0) is 18.6 Å². The fourth-order valence-electron chi connectivity index (χ4n) is 1.65. The molecule has 0 aliphatic carbocycles. The van der Waals surface area contributed by atoms with Crippen LogP contribution in [0.3, 0.4) is 0 Å². The van der Waals surface area contributed by atoms with Gasteiger partial charge in [-0.15, -0.1) is 0 Å². The largest absolute Gasteiger partial charge is 0.395 e. The zero-order chi connectivity index (χ0) is 12.7. The van der Waals surface area contributed by atoms with Gasteiger partial charge >= 0.3 is 0 Å². The molecule has 4 nitrogen and oxygen atoms in total. The second-order valence-corrected chi connectivity index (χ2v) is 6.29. The smallest absolute Gasteiger partial charge is 0.147 e. The van der Waals surface area contributed by atoms with Crippen molar-refractivity contribution in [2.45, 2.75) is 6.42 Å². The molecule has 0 radical (unpaired) electrons. The number of para-hydroxylation sites is 1. The average molecular weight is 257 g/mol. The van der Waals surface area contributed by atoms with Gasteiger partial charge in [-0.3, -0.25) is 0 Å². The van der Waals surface area contributed by atoms with Crippen LogP contribution in [0.5, 0.6) is 0 Å². The predicted molar refractivity (Wildman–Crippen MR) is 70.1 cm³/mol. The van der Waals surface area contributed by atoms with Gasteiger partial charge in [0.25, 0.3) is 0 Å². The van der Waals surface area contributed by atoms with Gasteiger partial charge in [-0.25, -0.2) is 8.42 Å². The predicted octanol–water partition coefficient (Wildman–Crippen LogP) is 0.920. The van der Waals surface area contributed by atoms with Gasteiger partial charge in [0.05, 0.1) is 12.4 Å². The Labute approximate surface area is 103 Å². The lowest BCUT2D eigenvalue weighted by molar-refractivity contribution is 0.302. The van der Waals surface area contributed by atoms with Crippen molar-refractivity contribution in [1.29, 1.82) is 0 Å². The molecule has 1 aromatic carbocycles. The number of aliphatic hydroxyl groups is 1. The molecule has 0 atom stereocenters. The number of hydrogen-bond acceptors (Lipinski definition) is 4. The van der Waals surface area contributed by atoms with Crippen LogP contribution >= 0.6 is 0 Å². The Morgan fingerprint density at radius 2 is 1.82 bits per heavy atom. The summed E-state index contributed by atoms with van der Waals surface area (Å²) in [5, 5.41) is 9.00. The first-order valence-electron chi connectivity index (χ1n) is 5.61. The topological polar surface area (TPSA) is 57.6 Å².